The third-order valence-corrected chi connectivity index (χ3v) is 6.53. The van der Waals surface area contributed by atoms with Crippen LogP contribution in [0.15, 0.2) is 24.3 Å². The van der Waals surface area contributed by atoms with Gasteiger partial charge in [-0.05, 0) is 30.7 Å². The Morgan fingerprint density at radius 3 is 2.31 bits per heavy atom. The van der Waals surface area contributed by atoms with Crippen LogP contribution in [0, 0.1) is 0 Å². The van der Waals surface area contributed by atoms with Crippen molar-refractivity contribution in [1.29, 1.82) is 0 Å². The number of methoxy groups -OCH3 is 1. The molecule has 0 spiro atoms. The number of carbonyl (C=O) groups is 2. The first-order valence-electron chi connectivity index (χ1n) is 8.57. The number of hydrogen-bond acceptors (Lipinski definition) is 6. The highest BCUT2D eigenvalue weighted by Gasteiger charge is 2.32. The van der Waals surface area contributed by atoms with Gasteiger partial charge in [-0.1, -0.05) is 0 Å². The van der Waals surface area contributed by atoms with E-state index in [1.54, 1.807) is 7.11 Å². The summed E-state index contributed by atoms with van der Waals surface area (Å²) >= 11 is 0. The van der Waals surface area contributed by atoms with Gasteiger partial charge in [-0.3, -0.25) is 9.59 Å². The Morgan fingerprint density at radius 2 is 1.77 bits per heavy atom. The van der Waals surface area contributed by atoms with E-state index in [0.29, 0.717) is 32.6 Å². The molecule has 2 aliphatic rings. The minimum absolute atomic E-state index is 0.0622. The van der Waals surface area contributed by atoms with Crippen LogP contribution in [0.3, 0.4) is 0 Å². The maximum atomic E-state index is 12.3. The molecule has 2 fully saturated rings. The molecular formula is C17H23N3O5S. The number of nitrogens with one attached hydrogen (secondary N) is 1. The van der Waals surface area contributed by atoms with Crippen molar-refractivity contribution < 1.29 is 22.7 Å². The second kappa shape index (κ2) is 7.53. The molecule has 1 aromatic carbocycles. The maximum Gasteiger partial charge on any atom is 0.312 e. The second-order valence-electron chi connectivity index (χ2n) is 6.55. The Hall–Kier alpha value is -2.29. The summed E-state index contributed by atoms with van der Waals surface area (Å²) < 4.78 is 28.0. The van der Waals surface area contributed by atoms with E-state index >= 15 is 0 Å². The average Bonchev–Trinajstić information content (AvgIpc) is 2.99. The quantitative estimate of drug-likeness (QED) is 0.719. The summed E-state index contributed by atoms with van der Waals surface area (Å²) in [5.74, 6) is -0.550. The standard InChI is InChI=1S/C17H23N3O5S/c1-25-15-4-2-14(3-5-15)19-7-9-20(10-8-19)17(22)16(21)18-13-6-11-26(23,24)12-13/h2-5,13H,6-12H2,1H3,(H,18,21). The number of rotatable bonds is 3. The van der Waals surface area contributed by atoms with Gasteiger partial charge < -0.3 is 19.9 Å². The Morgan fingerprint density at radius 1 is 1.12 bits per heavy atom. The molecule has 1 unspecified atom stereocenters. The smallest absolute Gasteiger partial charge is 0.312 e. The topological polar surface area (TPSA) is 96.0 Å². The van der Waals surface area contributed by atoms with E-state index in [4.69, 9.17) is 4.74 Å². The summed E-state index contributed by atoms with van der Waals surface area (Å²) in [7, 11) is -1.47. The van der Waals surface area contributed by atoms with Crippen molar-refractivity contribution >= 4 is 27.3 Å². The third-order valence-electron chi connectivity index (χ3n) is 4.77. The largest absolute Gasteiger partial charge is 0.497 e. The van der Waals surface area contributed by atoms with Crippen LogP contribution in [-0.2, 0) is 19.4 Å². The van der Waals surface area contributed by atoms with Crippen LogP contribution < -0.4 is 15.0 Å². The highest BCUT2D eigenvalue weighted by Crippen LogP contribution is 2.20. The Balaban J connectivity index is 1.50. The van der Waals surface area contributed by atoms with Crippen LogP contribution in [0.25, 0.3) is 0 Å². The van der Waals surface area contributed by atoms with Gasteiger partial charge in [0.15, 0.2) is 9.84 Å². The molecule has 0 aliphatic carbocycles. The molecule has 9 heteroatoms. The molecule has 2 aliphatic heterocycles. The predicted molar refractivity (Wildman–Crippen MR) is 97.0 cm³/mol. The van der Waals surface area contributed by atoms with Crippen molar-refractivity contribution in [3.8, 4) is 5.75 Å². The number of carbonyl (C=O) groups excluding carboxylic acids is 2. The SMILES string of the molecule is COc1ccc(N2CCN(C(=O)C(=O)NC3CCS(=O)(=O)C3)CC2)cc1. The number of anilines is 1. The van der Waals surface area contributed by atoms with Gasteiger partial charge in [0.05, 0.1) is 18.6 Å². The molecule has 0 aromatic heterocycles. The highest BCUT2D eigenvalue weighted by atomic mass is 32.2. The highest BCUT2D eigenvalue weighted by molar-refractivity contribution is 7.91. The summed E-state index contributed by atoms with van der Waals surface area (Å²) in [5, 5.41) is 2.55. The van der Waals surface area contributed by atoms with E-state index in [9.17, 15) is 18.0 Å². The molecular weight excluding hydrogens is 358 g/mol. The summed E-state index contributed by atoms with van der Waals surface area (Å²) in [4.78, 5) is 28.1. The lowest BCUT2D eigenvalue weighted by molar-refractivity contribution is -0.146. The first-order valence-corrected chi connectivity index (χ1v) is 10.4. The van der Waals surface area contributed by atoms with Crippen LogP contribution in [0.2, 0.25) is 0 Å². The molecule has 0 saturated carbocycles. The van der Waals surface area contributed by atoms with Crippen LogP contribution in [0.4, 0.5) is 5.69 Å². The van der Waals surface area contributed by atoms with E-state index in [1.807, 2.05) is 24.3 Å². The predicted octanol–water partition coefficient (Wildman–Crippen LogP) is -0.353. The van der Waals surface area contributed by atoms with E-state index < -0.39 is 27.7 Å². The second-order valence-corrected chi connectivity index (χ2v) is 8.78. The van der Waals surface area contributed by atoms with Crippen LogP contribution >= 0.6 is 0 Å². The molecule has 0 radical (unpaired) electrons. The molecule has 2 amide bonds. The monoisotopic (exact) mass is 381 g/mol. The molecule has 3 rings (SSSR count). The number of piperazine rings is 1. The Kier molecular flexibility index (Phi) is 5.36. The fourth-order valence-electron chi connectivity index (χ4n) is 3.26. The Bertz CT molecular complexity index is 770. The van der Waals surface area contributed by atoms with Crippen molar-refractivity contribution in [3.05, 3.63) is 24.3 Å². The van der Waals surface area contributed by atoms with E-state index in [0.717, 1.165) is 11.4 Å². The summed E-state index contributed by atoms with van der Waals surface area (Å²) in [6.07, 6.45) is 0.368. The van der Waals surface area contributed by atoms with Crippen molar-refractivity contribution in [1.82, 2.24) is 10.2 Å². The summed E-state index contributed by atoms with van der Waals surface area (Å²) in [6, 6.07) is 7.23. The third kappa shape index (κ3) is 4.27. The molecule has 26 heavy (non-hydrogen) atoms. The zero-order valence-electron chi connectivity index (χ0n) is 14.7. The fraction of sp³-hybridized carbons (Fsp3) is 0.529. The summed E-state index contributed by atoms with van der Waals surface area (Å²) in [5.41, 5.74) is 1.04. The molecule has 8 nitrogen and oxygen atoms in total. The number of amides is 2. The molecule has 0 bridgehead atoms. The first-order chi connectivity index (χ1) is 12.4. The summed E-state index contributed by atoms with van der Waals surface area (Å²) in [6.45, 7) is 2.15. The average molecular weight is 381 g/mol. The van der Waals surface area contributed by atoms with Gasteiger partial charge in [0.25, 0.3) is 0 Å². The van der Waals surface area contributed by atoms with E-state index in [-0.39, 0.29) is 11.5 Å². The number of benzene rings is 1. The van der Waals surface area contributed by atoms with Crippen molar-refractivity contribution in [2.24, 2.45) is 0 Å². The maximum absolute atomic E-state index is 12.3. The van der Waals surface area contributed by atoms with Crippen LogP contribution in [0.1, 0.15) is 6.42 Å². The lowest BCUT2D eigenvalue weighted by Gasteiger charge is -2.35. The van der Waals surface area contributed by atoms with Gasteiger partial charge in [0.1, 0.15) is 5.75 Å². The molecule has 1 aromatic rings. The van der Waals surface area contributed by atoms with Gasteiger partial charge in [-0.2, -0.15) is 0 Å². The zero-order valence-corrected chi connectivity index (χ0v) is 15.5. The van der Waals surface area contributed by atoms with Crippen molar-refractivity contribution in [2.45, 2.75) is 12.5 Å². The first kappa shape index (κ1) is 18.5. The minimum atomic E-state index is -3.09. The number of hydrogen-bond donors (Lipinski definition) is 1. The van der Waals surface area contributed by atoms with Gasteiger partial charge >= 0.3 is 11.8 Å². The van der Waals surface area contributed by atoms with Crippen LogP contribution in [-0.4, -0.2) is 76.0 Å². The zero-order chi connectivity index (χ0) is 18.7. The number of nitrogens with zero attached hydrogens (tertiary/aromatic N) is 2. The van der Waals surface area contributed by atoms with Crippen molar-refractivity contribution in [2.75, 3.05) is 49.7 Å². The molecule has 2 saturated heterocycles. The van der Waals surface area contributed by atoms with Gasteiger partial charge in [-0.15, -0.1) is 0 Å². The van der Waals surface area contributed by atoms with Gasteiger partial charge in [0.2, 0.25) is 0 Å². The lowest BCUT2D eigenvalue weighted by atomic mass is 10.2. The minimum Gasteiger partial charge on any atom is -0.497 e. The normalized spacial score (nSPS) is 22.1. The molecule has 1 N–H and O–H groups in total. The van der Waals surface area contributed by atoms with Gasteiger partial charge in [-0.25, -0.2) is 8.42 Å². The number of sulfone groups is 1. The van der Waals surface area contributed by atoms with E-state index in [2.05, 4.69) is 10.2 Å². The van der Waals surface area contributed by atoms with Crippen molar-refractivity contribution in [3.63, 3.8) is 0 Å². The molecule has 2 heterocycles. The van der Waals surface area contributed by atoms with E-state index in [1.165, 1.54) is 4.90 Å². The fourth-order valence-corrected chi connectivity index (χ4v) is 4.93. The lowest BCUT2D eigenvalue weighted by Crippen LogP contribution is -2.54. The number of ether oxygens (including phenoxy) is 1. The van der Waals surface area contributed by atoms with Crippen LogP contribution in [0.5, 0.6) is 5.75 Å². The Labute approximate surface area is 153 Å². The molecule has 142 valence electrons. The molecule has 1 atom stereocenters. The van der Waals surface area contributed by atoms with Gasteiger partial charge in [0, 0.05) is 37.9 Å².